The minimum Gasteiger partial charge on any atom is -0.350 e. The van der Waals surface area contributed by atoms with Gasteiger partial charge in [0.25, 0.3) is 5.91 Å². The third-order valence-corrected chi connectivity index (χ3v) is 3.54. The lowest BCUT2D eigenvalue weighted by Crippen LogP contribution is -2.37. The van der Waals surface area contributed by atoms with E-state index >= 15 is 0 Å². The number of hydrogen-bond donors (Lipinski definition) is 1. The van der Waals surface area contributed by atoms with Gasteiger partial charge in [-0.25, -0.2) is 8.78 Å². The van der Waals surface area contributed by atoms with E-state index in [1.165, 1.54) is 42.2 Å². The summed E-state index contributed by atoms with van der Waals surface area (Å²) < 4.78 is 26.5. The molecule has 0 radical (unpaired) electrons. The van der Waals surface area contributed by atoms with Gasteiger partial charge in [-0.15, -0.1) is 0 Å². The monoisotopic (exact) mass is 332 g/mol. The van der Waals surface area contributed by atoms with Crippen molar-refractivity contribution in [1.29, 1.82) is 0 Å². The zero-order valence-corrected chi connectivity index (χ0v) is 13.3. The van der Waals surface area contributed by atoms with Crippen LogP contribution in [0.1, 0.15) is 22.8 Å². The van der Waals surface area contributed by atoms with Crippen LogP contribution in [0, 0.1) is 11.6 Å². The number of halogens is 2. The van der Waals surface area contributed by atoms with Gasteiger partial charge < -0.3 is 10.2 Å². The molecule has 0 bridgehead atoms. The molecule has 0 aromatic heterocycles. The molecule has 4 nitrogen and oxygen atoms in total. The molecule has 0 aliphatic carbocycles. The first-order valence-corrected chi connectivity index (χ1v) is 7.50. The zero-order valence-electron chi connectivity index (χ0n) is 13.3. The maximum atomic E-state index is 13.7. The Bertz CT molecular complexity index is 717. The Balaban J connectivity index is 1.90. The summed E-state index contributed by atoms with van der Waals surface area (Å²) in [4.78, 5) is 25.1. The van der Waals surface area contributed by atoms with Crippen molar-refractivity contribution in [2.75, 3.05) is 13.1 Å². The van der Waals surface area contributed by atoms with Gasteiger partial charge in [-0.2, -0.15) is 0 Å². The second-order valence-corrected chi connectivity index (χ2v) is 5.29. The number of carbonyl (C=O) groups excluding carboxylic acids is 2. The van der Waals surface area contributed by atoms with E-state index in [1.807, 2.05) is 0 Å². The predicted molar refractivity (Wildman–Crippen MR) is 86.2 cm³/mol. The summed E-state index contributed by atoms with van der Waals surface area (Å²) >= 11 is 0. The predicted octanol–water partition coefficient (Wildman–Crippen LogP) is 2.74. The third-order valence-electron chi connectivity index (χ3n) is 3.54. The van der Waals surface area contributed by atoms with Crippen LogP contribution in [-0.2, 0) is 11.3 Å². The third kappa shape index (κ3) is 4.87. The lowest BCUT2D eigenvalue weighted by molar-refractivity contribution is -0.129. The van der Waals surface area contributed by atoms with Crippen LogP contribution in [0.2, 0.25) is 0 Å². The van der Waals surface area contributed by atoms with Crippen molar-refractivity contribution >= 4 is 11.8 Å². The first-order chi connectivity index (χ1) is 11.5. The number of amides is 2. The number of nitrogens with one attached hydrogen (secondary N) is 1. The quantitative estimate of drug-likeness (QED) is 0.884. The molecule has 2 rings (SSSR count). The molecule has 0 aliphatic heterocycles. The molecule has 126 valence electrons. The molecule has 0 spiro atoms. The lowest BCUT2D eigenvalue weighted by Gasteiger charge is -2.21. The normalized spacial score (nSPS) is 10.3. The molecule has 0 unspecified atom stereocenters. The average molecular weight is 332 g/mol. The van der Waals surface area contributed by atoms with E-state index < -0.39 is 5.82 Å². The van der Waals surface area contributed by atoms with E-state index in [-0.39, 0.29) is 37.3 Å². The Morgan fingerprint density at radius 1 is 1.04 bits per heavy atom. The van der Waals surface area contributed by atoms with Gasteiger partial charge in [0.05, 0.1) is 0 Å². The molecule has 0 heterocycles. The molecule has 2 aromatic rings. The first kappa shape index (κ1) is 17.6. The Morgan fingerprint density at radius 2 is 1.71 bits per heavy atom. The Kier molecular flexibility index (Phi) is 6.01. The highest BCUT2D eigenvalue weighted by molar-refractivity contribution is 5.94. The maximum absolute atomic E-state index is 13.7. The first-order valence-electron chi connectivity index (χ1n) is 7.50. The van der Waals surface area contributed by atoms with Crippen LogP contribution in [0.25, 0.3) is 0 Å². The second-order valence-electron chi connectivity index (χ2n) is 5.29. The van der Waals surface area contributed by atoms with Crippen LogP contribution in [-0.4, -0.2) is 29.8 Å². The Morgan fingerprint density at radius 3 is 2.33 bits per heavy atom. The minimum absolute atomic E-state index is 0.133. The minimum atomic E-state index is -0.417. The molecule has 2 aromatic carbocycles. The fourth-order valence-corrected chi connectivity index (χ4v) is 2.19. The lowest BCUT2D eigenvalue weighted by atomic mass is 10.2. The van der Waals surface area contributed by atoms with Crippen LogP contribution in [0.15, 0.2) is 48.5 Å². The van der Waals surface area contributed by atoms with Crippen LogP contribution in [0.5, 0.6) is 0 Å². The maximum Gasteiger partial charge on any atom is 0.251 e. The molecule has 1 N–H and O–H groups in total. The molecule has 0 saturated heterocycles. The summed E-state index contributed by atoms with van der Waals surface area (Å²) in [7, 11) is 0. The molecular formula is C18H18F2N2O2. The zero-order chi connectivity index (χ0) is 17.5. The van der Waals surface area contributed by atoms with Crippen molar-refractivity contribution in [3.8, 4) is 0 Å². The number of nitrogens with zero attached hydrogens (tertiary/aromatic N) is 1. The van der Waals surface area contributed by atoms with Gasteiger partial charge in [0.1, 0.15) is 11.6 Å². The number of benzene rings is 2. The average Bonchev–Trinajstić information content (AvgIpc) is 2.56. The van der Waals surface area contributed by atoms with Crippen LogP contribution in [0.3, 0.4) is 0 Å². The van der Waals surface area contributed by atoms with Gasteiger partial charge in [0, 0.05) is 37.7 Å². The standard InChI is InChI=1S/C18H18F2N2O2/c1-13(23)22(12-15-4-2-3-5-17(15)20)11-10-21-18(24)14-6-8-16(19)9-7-14/h2-9H,10-12H2,1H3,(H,21,24). The van der Waals surface area contributed by atoms with Gasteiger partial charge in [-0.1, -0.05) is 18.2 Å². The van der Waals surface area contributed by atoms with E-state index in [0.29, 0.717) is 11.1 Å². The molecular weight excluding hydrogens is 314 g/mol. The molecule has 2 amide bonds. The summed E-state index contributed by atoms with van der Waals surface area (Å²) in [5.74, 6) is -1.36. The molecule has 0 atom stereocenters. The van der Waals surface area contributed by atoms with E-state index in [1.54, 1.807) is 18.2 Å². The van der Waals surface area contributed by atoms with Crippen LogP contribution in [0.4, 0.5) is 8.78 Å². The molecule has 0 fully saturated rings. The number of carbonyl (C=O) groups is 2. The van der Waals surface area contributed by atoms with Gasteiger partial charge >= 0.3 is 0 Å². The fourth-order valence-electron chi connectivity index (χ4n) is 2.19. The SMILES string of the molecule is CC(=O)N(CCNC(=O)c1ccc(F)cc1)Cc1ccccc1F. The summed E-state index contributed by atoms with van der Waals surface area (Å²) in [5, 5.41) is 2.66. The topological polar surface area (TPSA) is 49.4 Å². The van der Waals surface area contributed by atoms with Crippen molar-refractivity contribution in [1.82, 2.24) is 10.2 Å². The second kappa shape index (κ2) is 8.19. The summed E-state index contributed by atoms with van der Waals surface area (Å²) in [5.41, 5.74) is 0.748. The van der Waals surface area contributed by atoms with Crippen molar-refractivity contribution in [2.24, 2.45) is 0 Å². The smallest absolute Gasteiger partial charge is 0.251 e. The van der Waals surface area contributed by atoms with Crippen molar-refractivity contribution in [2.45, 2.75) is 13.5 Å². The van der Waals surface area contributed by atoms with Gasteiger partial charge in [-0.3, -0.25) is 9.59 Å². The van der Waals surface area contributed by atoms with Gasteiger partial charge in [0.15, 0.2) is 0 Å². The highest BCUT2D eigenvalue weighted by Crippen LogP contribution is 2.10. The Hall–Kier alpha value is -2.76. The Labute approximate surface area is 139 Å². The molecule has 0 saturated carbocycles. The molecule has 6 heteroatoms. The van der Waals surface area contributed by atoms with Gasteiger partial charge in [-0.05, 0) is 30.3 Å². The van der Waals surface area contributed by atoms with Crippen molar-refractivity contribution in [3.05, 3.63) is 71.3 Å². The number of hydrogen-bond acceptors (Lipinski definition) is 2. The van der Waals surface area contributed by atoms with E-state index in [0.717, 1.165) is 0 Å². The van der Waals surface area contributed by atoms with Crippen molar-refractivity contribution < 1.29 is 18.4 Å². The highest BCUT2D eigenvalue weighted by atomic mass is 19.1. The summed E-state index contributed by atoms with van der Waals surface area (Å²) in [6, 6.07) is 11.4. The van der Waals surface area contributed by atoms with Gasteiger partial charge in [0.2, 0.25) is 5.91 Å². The fraction of sp³-hybridized carbons (Fsp3) is 0.222. The van der Waals surface area contributed by atoms with Crippen molar-refractivity contribution in [3.63, 3.8) is 0 Å². The summed E-state index contributed by atoms with van der Waals surface area (Å²) in [6.45, 7) is 1.98. The highest BCUT2D eigenvalue weighted by Gasteiger charge is 2.12. The molecule has 0 aliphatic rings. The molecule has 24 heavy (non-hydrogen) atoms. The number of rotatable bonds is 6. The largest absolute Gasteiger partial charge is 0.350 e. The van der Waals surface area contributed by atoms with Crippen LogP contribution >= 0.6 is 0 Å². The van der Waals surface area contributed by atoms with E-state index in [2.05, 4.69) is 5.32 Å². The van der Waals surface area contributed by atoms with E-state index in [4.69, 9.17) is 0 Å². The van der Waals surface area contributed by atoms with E-state index in [9.17, 15) is 18.4 Å². The summed E-state index contributed by atoms with van der Waals surface area (Å²) in [6.07, 6.45) is 0. The van der Waals surface area contributed by atoms with Crippen LogP contribution < -0.4 is 5.32 Å².